The molecule has 2 aliphatic rings. The summed E-state index contributed by atoms with van der Waals surface area (Å²) in [5.41, 5.74) is 0.717. The predicted molar refractivity (Wildman–Crippen MR) is 105 cm³/mol. The van der Waals surface area contributed by atoms with Crippen molar-refractivity contribution in [2.75, 3.05) is 25.9 Å². The monoisotopic (exact) mass is 406 g/mol. The zero-order valence-corrected chi connectivity index (χ0v) is 17.2. The maximum Gasteiger partial charge on any atom is 0.335 e. The highest BCUT2D eigenvalue weighted by Crippen LogP contribution is 2.41. The summed E-state index contributed by atoms with van der Waals surface area (Å²) in [6.45, 7) is 4.48. The van der Waals surface area contributed by atoms with Gasteiger partial charge >= 0.3 is 5.97 Å². The first-order valence-electron chi connectivity index (χ1n) is 9.37. The van der Waals surface area contributed by atoms with Crippen LogP contribution in [0.3, 0.4) is 0 Å². The van der Waals surface area contributed by atoms with Crippen LogP contribution in [-0.2, 0) is 24.3 Å². The summed E-state index contributed by atoms with van der Waals surface area (Å²) < 4.78 is 30.5. The van der Waals surface area contributed by atoms with Crippen molar-refractivity contribution in [3.63, 3.8) is 0 Å². The first-order chi connectivity index (χ1) is 13.1. The third-order valence-corrected chi connectivity index (χ3v) is 6.89. The van der Waals surface area contributed by atoms with Crippen LogP contribution in [0.25, 0.3) is 0 Å². The van der Waals surface area contributed by atoms with E-state index in [0.717, 1.165) is 11.8 Å². The zero-order valence-electron chi connectivity index (χ0n) is 16.4. The highest BCUT2D eigenvalue weighted by Gasteiger charge is 2.51. The van der Waals surface area contributed by atoms with Crippen LogP contribution in [0.15, 0.2) is 41.5 Å². The van der Waals surface area contributed by atoms with E-state index < -0.39 is 21.6 Å². The molecule has 0 aliphatic carbocycles. The van der Waals surface area contributed by atoms with Gasteiger partial charge in [-0.2, -0.15) is 0 Å². The molecule has 0 aromatic heterocycles. The summed E-state index contributed by atoms with van der Waals surface area (Å²) in [5.74, 6) is -0.708. The number of nitrogens with zero attached hydrogens (tertiary/aromatic N) is 1. The van der Waals surface area contributed by atoms with Crippen molar-refractivity contribution in [2.24, 2.45) is 0 Å². The average Bonchev–Trinajstić information content (AvgIpc) is 2.89. The number of rotatable bonds is 5. The number of hydrogen-bond acceptors (Lipinski definition) is 5. The Labute approximate surface area is 165 Å². The molecular weight excluding hydrogens is 380 g/mol. The number of esters is 1. The van der Waals surface area contributed by atoms with E-state index in [2.05, 4.69) is 5.32 Å². The molecule has 3 rings (SSSR count). The van der Waals surface area contributed by atoms with Gasteiger partial charge in [0.25, 0.3) is 5.91 Å². The fourth-order valence-electron chi connectivity index (χ4n) is 3.89. The Morgan fingerprint density at radius 1 is 1.25 bits per heavy atom. The highest BCUT2D eigenvalue weighted by molar-refractivity contribution is 7.88. The first kappa shape index (κ1) is 20.5. The number of sulfonamides is 1. The summed E-state index contributed by atoms with van der Waals surface area (Å²) in [6, 6.07) is 9.86. The van der Waals surface area contributed by atoms with Gasteiger partial charge in [-0.1, -0.05) is 37.3 Å². The van der Waals surface area contributed by atoms with Gasteiger partial charge in [0.2, 0.25) is 10.0 Å². The van der Waals surface area contributed by atoms with E-state index in [1.807, 2.05) is 37.3 Å². The van der Waals surface area contributed by atoms with Gasteiger partial charge < -0.3 is 10.1 Å². The quantitative estimate of drug-likeness (QED) is 0.750. The lowest BCUT2D eigenvalue weighted by Gasteiger charge is -2.38. The molecule has 0 radical (unpaired) electrons. The second kappa shape index (κ2) is 7.67. The minimum Gasteiger partial charge on any atom is -0.450 e. The van der Waals surface area contributed by atoms with Crippen molar-refractivity contribution in [3.8, 4) is 0 Å². The second-order valence-corrected chi connectivity index (χ2v) is 9.55. The Hall–Kier alpha value is -2.19. The number of ether oxygens (including phenoxy) is 1. The van der Waals surface area contributed by atoms with Gasteiger partial charge in [0.1, 0.15) is 5.60 Å². The Kier molecular flexibility index (Phi) is 5.63. The van der Waals surface area contributed by atoms with Gasteiger partial charge in [0.15, 0.2) is 0 Å². The van der Waals surface area contributed by atoms with Crippen LogP contribution in [0, 0.1) is 0 Å². The summed E-state index contributed by atoms with van der Waals surface area (Å²) in [6.07, 6.45) is 1.71. The van der Waals surface area contributed by atoms with Crippen molar-refractivity contribution in [2.45, 2.75) is 38.2 Å². The number of benzene rings is 1. The van der Waals surface area contributed by atoms with Crippen molar-refractivity contribution in [1.82, 2.24) is 9.62 Å². The maximum atomic E-state index is 13.0. The van der Waals surface area contributed by atoms with E-state index >= 15 is 0 Å². The third-order valence-electron chi connectivity index (χ3n) is 5.59. The molecule has 7 nitrogen and oxygen atoms in total. The smallest absolute Gasteiger partial charge is 0.335 e. The molecule has 1 saturated heterocycles. The van der Waals surface area contributed by atoms with Gasteiger partial charge in [0, 0.05) is 38.0 Å². The maximum absolute atomic E-state index is 13.0. The zero-order chi connectivity index (χ0) is 20.5. The Bertz CT molecular complexity index is 900. The molecule has 0 bridgehead atoms. The molecular formula is C20H26N2O5S. The Balaban J connectivity index is 1.73. The van der Waals surface area contributed by atoms with Crippen molar-refractivity contribution >= 4 is 21.9 Å². The number of nitrogens with one attached hydrogen (secondary N) is 1. The number of amides is 1. The highest BCUT2D eigenvalue weighted by atomic mass is 32.2. The molecule has 2 heterocycles. The lowest BCUT2D eigenvalue weighted by Crippen LogP contribution is -2.50. The van der Waals surface area contributed by atoms with Crippen LogP contribution in [0.2, 0.25) is 0 Å². The van der Waals surface area contributed by atoms with E-state index in [1.165, 1.54) is 4.31 Å². The third kappa shape index (κ3) is 3.98. The summed E-state index contributed by atoms with van der Waals surface area (Å²) >= 11 is 0. The van der Waals surface area contributed by atoms with E-state index in [4.69, 9.17) is 4.74 Å². The standard InChI is InChI=1S/C20H26N2O5S/c1-14(16-7-5-4-6-8-16)13-21-18(23)17-15(2)19(24)27-20(17)9-11-22(12-10-20)28(3,25)26/h4-8,14H,9-13H2,1-3H3,(H,21,23). The molecule has 1 amide bonds. The average molecular weight is 407 g/mol. The van der Waals surface area contributed by atoms with Gasteiger partial charge in [-0.25, -0.2) is 17.5 Å². The number of hydrogen-bond donors (Lipinski definition) is 1. The lowest BCUT2D eigenvalue weighted by atomic mass is 9.83. The van der Waals surface area contributed by atoms with Crippen molar-refractivity contribution in [3.05, 3.63) is 47.0 Å². The molecule has 152 valence electrons. The van der Waals surface area contributed by atoms with Crippen LogP contribution in [0.4, 0.5) is 0 Å². The molecule has 1 fully saturated rings. The molecule has 1 N–H and O–H groups in total. The minimum atomic E-state index is -3.31. The number of piperidine rings is 1. The summed E-state index contributed by atoms with van der Waals surface area (Å²) in [5, 5.41) is 2.93. The van der Waals surface area contributed by atoms with Gasteiger partial charge in [-0.3, -0.25) is 4.79 Å². The molecule has 1 atom stereocenters. The minimum absolute atomic E-state index is 0.118. The van der Waals surface area contributed by atoms with Gasteiger partial charge in [-0.15, -0.1) is 0 Å². The predicted octanol–water partition coefficient (Wildman–Crippen LogP) is 1.57. The van der Waals surface area contributed by atoms with E-state index in [1.54, 1.807) is 6.92 Å². The normalized spacial score (nSPS) is 20.9. The molecule has 1 unspecified atom stereocenters. The van der Waals surface area contributed by atoms with Crippen LogP contribution < -0.4 is 5.32 Å². The summed E-state index contributed by atoms with van der Waals surface area (Å²) in [7, 11) is -3.31. The van der Waals surface area contributed by atoms with Crippen LogP contribution >= 0.6 is 0 Å². The molecule has 28 heavy (non-hydrogen) atoms. The molecule has 0 saturated carbocycles. The topological polar surface area (TPSA) is 92.8 Å². The van der Waals surface area contributed by atoms with Crippen molar-refractivity contribution in [1.29, 1.82) is 0 Å². The first-order valence-corrected chi connectivity index (χ1v) is 11.2. The molecule has 8 heteroatoms. The lowest BCUT2D eigenvalue weighted by molar-refractivity contribution is -0.150. The second-order valence-electron chi connectivity index (χ2n) is 7.57. The van der Waals surface area contributed by atoms with E-state index in [0.29, 0.717) is 17.7 Å². The Morgan fingerprint density at radius 3 is 2.43 bits per heavy atom. The Morgan fingerprint density at radius 2 is 1.86 bits per heavy atom. The largest absolute Gasteiger partial charge is 0.450 e. The fourth-order valence-corrected chi connectivity index (χ4v) is 4.74. The van der Waals surface area contributed by atoms with Gasteiger partial charge in [-0.05, 0) is 18.4 Å². The van der Waals surface area contributed by atoms with E-state index in [-0.39, 0.29) is 37.8 Å². The SMILES string of the molecule is CC1=C(C(=O)NCC(C)c2ccccc2)C2(CCN(S(C)(=O)=O)CC2)OC1=O. The molecule has 1 aromatic rings. The number of carbonyl (C=O) groups excluding carboxylic acids is 2. The summed E-state index contributed by atoms with van der Waals surface area (Å²) in [4.78, 5) is 25.2. The molecule has 1 spiro atoms. The molecule has 1 aromatic carbocycles. The fraction of sp³-hybridized carbons (Fsp3) is 0.500. The van der Waals surface area contributed by atoms with Crippen LogP contribution in [0.1, 0.15) is 38.2 Å². The molecule has 2 aliphatic heterocycles. The number of carbonyl (C=O) groups is 2. The van der Waals surface area contributed by atoms with Crippen molar-refractivity contribution < 1.29 is 22.7 Å². The van der Waals surface area contributed by atoms with Crippen LogP contribution in [0.5, 0.6) is 0 Å². The van der Waals surface area contributed by atoms with Gasteiger partial charge in [0.05, 0.1) is 11.8 Å². The van der Waals surface area contributed by atoms with Crippen LogP contribution in [-0.4, -0.2) is 56.1 Å². The van der Waals surface area contributed by atoms with E-state index in [9.17, 15) is 18.0 Å².